The summed E-state index contributed by atoms with van der Waals surface area (Å²) in [5.41, 5.74) is -1.50. The van der Waals surface area contributed by atoms with Crippen molar-refractivity contribution in [1.82, 2.24) is 0 Å². The number of Topliss-reactive ketones (excluding diaryl/α,β-unsaturated/α-hetero) is 1. The Kier molecular flexibility index (Phi) is 3.03. The van der Waals surface area contributed by atoms with Crippen LogP contribution in [0.2, 0.25) is 0 Å². The van der Waals surface area contributed by atoms with Gasteiger partial charge in [0.1, 0.15) is 11.5 Å². The third kappa shape index (κ3) is 1.64. The molecule has 2 aliphatic heterocycles. The quantitative estimate of drug-likeness (QED) is 0.537. The standard InChI is InChI=1S/C20H28O5/c1-10-11-4-5-12-19(8-11,15(10)21)17(23)25-13-6-7-18(2,3)14-16(22)24-9-20(12,13)14/h10-14,16,22H,4-9H2,1-3H3. The van der Waals surface area contributed by atoms with Crippen LogP contribution in [0.5, 0.6) is 0 Å². The van der Waals surface area contributed by atoms with Gasteiger partial charge >= 0.3 is 5.97 Å². The molecule has 25 heavy (non-hydrogen) atoms. The van der Waals surface area contributed by atoms with Crippen LogP contribution in [-0.2, 0) is 19.1 Å². The predicted molar refractivity (Wildman–Crippen MR) is 88.2 cm³/mol. The van der Waals surface area contributed by atoms with Gasteiger partial charge in [0.05, 0.1) is 6.61 Å². The van der Waals surface area contributed by atoms with Crippen LogP contribution in [0, 0.1) is 39.9 Å². The first-order valence-electron chi connectivity index (χ1n) is 9.80. The second-order valence-electron chi connectivity index (χ2n) is 9.93. The molecule has 0 amide bonds. The molecule has 8 unspecified atom stereocenters. The minimum atomic E-state index is -0.988. The van der Waals surface area contributed by atoms with Gasteiger partial charge in [-0.15, -0.1) is 0 Å². The number of esters is 1. The summed E-state index contributed by atoms with van der Waals surface area (Å²) < 4.78 is 11.8. The molecule has 5 fully saturated rings. The molecule has 3 saturated carbocycles. The smallest absolute Gasteiger partial charge is 0.320 e. The Morgan fingerprint density at radius 1 is 1.16 bits per heavy atom. The van der Waals surface area contributed by atoms with Gasteiger partial charge in [-0.1, -0.05) is 20.8 Å². The normalized spacial score (nSPS) is 56.0. The van der Waals surface area contributed by atoms with E-state index >= 15 is 0 Å². The van der Waals surface area contributed by atoms with E-state index in [1.54, 1.807) is 0 Å². The van der Waals surface area contributed by atoms with Crippen molar-refractivity contribution in [2.24, 2.45) is 39.9 Å². The number of hydrogen-bond acceptors (Lipinski definition) is 5. The zero-order valence-corrected chi connectivity index (χ0v) is 15.3. The van der Waals surface area contributed by atoms with Crippen molar-refractivity contribution in [3.63, 3.8) is 0 Å². The minimum absolute atomic E-state index is 0.0540. The Bertz CT molecular complexity index is 656. The van der Waals surface area contributed by atoms with Crippen LogP contribution in [0.15, 0.2) is 0 Å². The molecule has 5 aliphatic rings. The van der Waals surface area contributed by atoms with Gasteiger partial charge in [-0.3, -0.25) is 9.59 Å². The summed E-state index contributed by atoms with van der Waals surface area (Å²) in [5, 5.41) is 10.7. The molecule has 5 nitrogen and oxygen atoms in total. The molecule has 2 bridgehead atoms. The van der Waals surface area contributed by atoms with Gasteiger partial charge in [0, 0.05) is 17.3 Å². The van der Waals surface area contributed by atoms with E-state index in [9.17, 15) is 14.7 Å². The van der Waals surface area contributed by atoms with E-state index < -0.39 is 17.1 Å². The fourth-order valence-corrected chi connectivity index (χ4v) is 7.62. The highest BCUT2D eigenvalue weighted by Crippen LogP contribution is 2.71. The van der Waals surface area contributed by atoms with Crippen LogP contribution in [0.3, 0.4) is 0 Å². The Labute approximate surface area is 148 Å². The minimum Gasteiger partial charge on any atom is -0.461 e. The number of carbonyl (C=O) groups is 2. The zero-order valence-electron chi connectivity index (χ0n) is 15.3. The molecule has 5 rings (SSSR count). The molecular weight excluding hydrogens is 320 g/mol. The number of hydrogen-bond donors (Lipinski definition) is 1. The van der Waals surface area contributed by atoms with E-state index in [2.05, 4.69) is 13.8 Å². The van der Waals surface area contributed by atoms with Crippen molar-refractivity contribution in [3.05, 3.63) is 0 Å². The highest BCUT2D eigenvalue weighted by atomic mass is 16.6. The van der Waals surface area contributed by atoms with E-state index in [4.69, 9.17) is 9.47 Å². The molecule has 0 aromatic carbocycles. The number of ether oxygens (including phenoxy) is 2. The first-order chi connectivity index (χ1) is 11.7. The molecule has 0 aromatic heterocycles. The Morgan fingerprint density at radius 2 is 1.92 bits per heavy atom. The van der Waals surface area contributed by atoms with E-state index in [1.807, 2.05) is 6.92 Å². The molecule has 1 N–H and O–H groups in total. The average Bonchev–Trinajstić information content (AvgIpc) is 3.01. The highest BCUT2D eigenvalue weighted by molar-refractivity contribution is 6.07. The first kappa shape index (κ1) is 16.2. The summed E-state index contributed by atoms with van der Waals surface area (Å²) in [6.07, 6.45) is 3.12. The maximum absolute atomic E-state index is 13.3. The summed E-state index contributed by atoms with van der Waals surface area (Å²) in [6, 6.07) is 0. The van der Waals surface area contributed by atoms with E-state index in [-0.39, 0.29) is 41.0 Å². The molecule has 0 aromatic rings. The molecule has 8 atom stereocenters. The zero-order chi connectivity index (χ0) is 17.8. The number of fused-ring (bicyclic) bond motifs is 1. The molecular formula is C20H28O5. The summed E-state index contributed by atoms with van der Waals surface area (Å²) in [7, 11) is 0. The van der Waals surface area contributed by atoms with Gasteiger partial charge in [0.2, 0.25) is 0 Å². The molecule has 138 valence electrons. The molecule has 2 spiro atoms. The van der Waals surface area contributed by atoms with Crippen molar-refractivity contribution >= 4 is 11.8 Å². The Balaban J connectivity index is 1.70. The Morgan fingerprint density at radius 3 is 2.68 bits per heavy atom. The van der Waals surface area contributed by atoms with Crippen molar-refractivity contribution in [1.29, 1.82) is 0 Å². The third-order valence-corrected chi connectivity index (χ3v) is 8.69. The molecule has 0 radical (unpaired) electrons. The maximum Gasteiger partial charge on any atom is 0.320 e. The largest absolute Gasteiger partial charge is 0.461 e. The second-order valence-corrected chi connectivity index (χ2v) is 9.93. The second kappa shape index (κ2) is 4.66. The van der Waals surface area contributed by atoms with Gasteiger partial charge in [-0.2, -0.15) is 0 Å². The van der Waals surface area contributed by atoms with Crippen LogP contribution >= 0.6 is 0 Å². The van der Waals surface area contributed by atoms with Gasteiger partial charge < -0.3 is 14.6 Å². The van der Waals surface area contributed by atoms with Crippen LogP contribution in [-0.4, -0.2) is 35.9 Å². The molecule has 2 saturated heterocycles. The van der Waals surface area contributed by atoms with E-state index in [1.165, 1.54) is 0 Å². The molecule has 2 heterocycles. The van der Waals surface area contributed by atoms with Crippen molar-refractivity contribution < 1.29 is 24.2 Å². The first-order valence-corrected chi connectivity index (χ1v) is 9.80. The third-order valence-electron chi connectivity index (χ3n) is 8.69. The lowest BCUT2D eigenvalue weighted by atomic mass is 9.44. The highest BCUT2D eigenvalue weighted by Gasteiger charge is 2.77. The number of aliphatic hydroxyl groups is 1. The molecule has 3 aliphatic carbocycles. The monoisotopic (exact) mass is 348 g/mol. The van der Waals surface area contributed by atoms with E-state index in [0.29, 0.717) is 18.9 Å². The SMILES string of the molecule is CC1C(=O)C23CC1CCC2C12COC(O)C1C(C)(C)CCC2OC3=O. The van der Waals surface area contributed by atoms with Crippen LogP contribution in [0.1, 0.15) is 52.9 Å². The fraction of sp³-hybridized carbons (Fsp3) is 0.900. The number of rotatable bonds is 0. The van der Waals surface area contributed by atoms with Gasteiger partial charge in [0.25, 0.3) is 0 Å². The number of aliphatic hydroxyl groups excluding tert-OH is 1. The van der Waals surface area contributed by atoms with Crippen LogP contribution in [0.4, 0.5) is 0 Å². The van der Waals surface area contributed by atoms with Crippen LogP contribution in [0.25, 0.3) is 0 Å². The summed E-state index contributed by atoms with van der Waals surface area (Å²) in [5.74, 6) is -0.108. The Hall–Kier alpha value is -0.940. The van der Waals surface area contributed by atoms with Crippen molar-refractivity contribution in [2.75, 3.05) is 6.61 Å². The van der Waals surface area contributed by atoms with E-state index in [0.717, 1.165) is 25.7 Å². The van der Waals surface area contributed by atoms with Gasteiger partial charge in [-0.25, -0.2) is 0 Å². The van der Waals surface area contributed by atoms with Crippen molar-refractivity contribution in [3.8, 4) is 0 Å². The van der Waals surface area contributed by atoms with Crippen molar-refractivity contribution in [2.45, 2.75) is 65.3 Å². The van der Waals surface area contributed by atoms with Gasteiger partial charge in [0.15, 0.2) is 12.1 Å². The number of carbonyl (C=O) groups excluding carboxylic acids is 2. The number of ketones is 1. The fourth-order valence-electron chi connectivity index (χ4n) is 7.62. The molecule has 5 heteroatoms. The average molecular weight is 348 g/mol. The lowest BCUT2D eigenvalue weighted by Crippen LogP contribution is -2.68. The topological polar surface area (TPSA) is 72.8 Å². The lowest BCUT2D eigenvalue weighted by molar-refractivity contribution is -0.236. The maximum atomic E-state index is 13.3. The van der Waals surface area contributed by atoms with Crippen LogP contribution < -0.4 is 0 Å². The van der Waals surface area contributed by atoms with Gasteiger partial charge in [-0.05, 0) is 49.4 Å². The lowest BCUT2D eigenvalue weighted by Gasteiger charge is -2.61. The summed E-state index contributed by atoms with van der Waals surface area (Å²) in [6.45, 7) is 6.74. The summed E-state index contributed by atoms with van der Waals surface area (Å²) in [4.78, 5) is 26.4. The summed E-state index contributed by atoms with van der Waals surface area (Å²) >= 11 is 0. The predicted octanol–water partition coefficient (Wildman–Crippen LogP) is 2.30.